The van der Waals surface area contributed by atoms with E-state index >= 15 is 0 Å². The van der Waals surface area contributed by atoms with Crippen LogP contribution in [-0.2, 0) is 11.2 Å². The van der Waals surface area contributed by atoms with E-state index in [0.717, 1.165) is 31.6 Å². The predicted octanol–water partition coefficient (Wildman–Crippen LogP) is 2.58. The average Bonchev–Trinajstić information content (AvgIpc) is 2.79. The molecule has 1 saturated heterocycles. The van der Waals surface area contributed by atoms with Gasteiger partial charge in [0, 0.05) is 12.6 Å². The fraction of sp³-hybridized carbons (Fsp3) is 0.600. The van der Waals surface area contributed by atoms with Gasteiger partial charge < -0.3 is 15.2 Å². The van der Waals surface area contributed by atoms with Crippen LogP contribution in [0.3, 0.4) is 0 Å². The van der Waals surface area contributed by atoms with Crippen LogP contribution in [0.25, 0.3) is 0 Å². The molecule has 1 aliphatic carbocycles. The van der Waals surface area contributed by atoms with Crippen LogP contribution in [0.4, 0.5) is 0 Å². The first-order valence-electron chi connectivity index (χ1n) is 6.96. The average molecular weight is 247 g/mol. The second kappa shape index (κ2) is 5.29. The van der Waals surface area contributed by atoms with Gasteiger partial charge >= 0.3 is 0 Å². The van der Waals surface area contributed by atoms with Crippen LogP contribution in [0.2, 0.25) is 0 Å². The Balaban J connectivity index is 1.60. The van der Waals surface area contributed by atoms with Crippen molar-refractivity contribution in [1.29, 1.82) is 0 Å². The topological polar surface area (TPSA) is 44.5 Å². The normalized spacial score (nSPS) is 26.9. The summed E-state index contributed by atoms with van der Waals surface area (Å²) in [5, 5.41) is 0. The van der Waals surface area contributed by atoms with Crippen LogP contribution >= 0.6 is 0 Å². The highest BCUT2D eigenvalue weighted by Crippen LogP contribution is 2.32. The fourth-order valence-corrected chi connectivity index (χ4v) is 2.84. The zero-order valence-corrected chi connectivity index (χ0v) is 10.7. The van der Waals surface area contributed by atoms with E-state index in [4.69, 9.17) is 15.2 Å². The smallest absolute Gasteiger partial charge is 0.119 e. The molecule has 18 heavy (non-hydrogen) atoms. The van der Waals surface area contributed by atoms with Crippen molar-refractivity contribution in [3.05, 3.63) is 29.3 Å². The minimum Gasteiger partial charge on any atom is -0.491 e. The lowest BCUT2D eigenvalue weighted by Crippen LogP contribution is -2.25. The van der Waals surface area contributed by atoms with Gasteiger partial charge in [0.2, 0.25) is 0 Å². The Bertz CT molecular complexity index is 413. The molecule has 0 radical (unpaired) electrons. The van der Waals surface area contributed by atoms with Crippen LogP contribution in [0.15, 0.2) is 18.2 Å². The van der Waals surface area contributed by atoms with Gasteiger partial charge in [-0.2, -0.15) is 0 Å². The highest BCUT2D eigenvalue weighted by atomic mass is 16.5. The first-order valence-corrected chi connectivity index (χ1v) is 6.96. The molecular weight excluding hydrogens is 226 g/mol. The molecule has 0 aromatic heterocycles. The molecule has 1 unspecified atom stereocenters. The second-order valence-corrected chi connectivity index (χ2v) is 5.31. The van der Waals surface area contributed by atoms with Gasteiger partial charge in [0.15, 0.2) is 0 Å². The van der Waals surface area contributed by atoms with Crippen LogP contribution in [0.5, 0.6) is 5.75 Å². The molecule has 1 aromatic carbocycles. The van der Waals surface area contributed by atoms with Gasteiger partial charge in [-0.3, -0.25) is 0 Å². The van der Waals surface area contributed by atoms with Gasteiger partial charge in [-0.15, -0.1) is 0 Å². The van der Waals surface area contributed by atoms with Gasteiger partial charge in [-0.25, -0.2) is 0 Å². The molecule has 3 rings (SSSR count). The van der Waals surface area contributed by atoms with Crippen LogP contribution in [-0.4, -0.2) is 19.3 Å². The number of ether oxygens (including phenoxy) is 2. The lowest BCUT2D eigenvalue weighted by atomic mass is 10.1. The Labute approximate surface area is 108 Å². The third kappa shape index (κ3) is 2.52. The Morgan fingerprint density at radius 1 is 1.28 bits per heavy atom. The van der Waals surface area contributed by atoms with Crippen molar-refractivity contribution in [1.82, 2.24) is 0 Å². The van der Waals surface area contributed by atoms with E-state index in [1.807, 2.05) is 6.07 Å². The summed E-state index contributed by atoms with van der Waals surface area (Å²) in [4.78, 5) is 0. The van der Waals surface area contributed by atoms with E-state index < -0.39 is 0 Å². The molecule has 3 heteroatoms. The quantitative estimate of drug-likeness (QED) is 0.893. The fourth-order valence-electron chi connectivity index (χ4n) is 2.84. The molecule has 1 heterocycles. The van der Waals surface area contributed by atoms with Crippen molar-refractivity contribution < 1.29 is 9.47 Å². The molecule has 1 aliphatic heterocycles. The van der Waals surface area contributed by atoms with Crippen LogP contribution in [0, 0.1) is 0 Å². The first-order chi connectivity index (χ1) is 8.83. The number of fused-ring (bicyclic) bond motifs is 1. The molecule has 98 valence electrons. The van der Waals surface area contributed by atoms with E-state index in [9.17, 15) is 0 Å². The standard InChI is InChI=1S/C15H21NO2/c16-15-7-4-11-9-12(5-6-14(11)15)18-10-13-3-1-2-8-17-13/h5-6,9,13,15H,1-4,7-8,10,16H2/t13?,15-/m1/s1. The summed E-state index contributed by atoms with van der Waals surface area (Å²) >= 11 is 0. The molecule has 0 spiro atoms. The number of aryl methyl sites for hydroxylation is 1. The summed E-state index contributed by atoms with van der Waals surface area (Å²) in [6, 6.07) is 6.51. The Morgan fingerprint density at radius 2 is 2.22 bits per heavy atom. The number of nitrogens with two attached hydrogens (primary N) is 1. The minimum absolute atomic E-state index is 0.218. The van der Waals surface area contributed by atoms with E-state index in [0.29, 0.717) is 6.61 Å². The van der Waals surface area contributed by atoms with E-state index in [1.165, 1.54) is 24.0 Å². The summed E-state index contributed by atoms with van der Waals surface area (Å²) in [5.41, 5.74) is 8.67. The van der Waals surface area contributed by atoms with Crippen molar-refractivity contribution in [3.63, 3.8) is 0 Å². The zero-order valence-electron chi connectivity index (χ0n) is 10.7. The maximum Gasteiger partial charge on any atom is 0.119 e. The molecule has 0 bridgehead atoms. The van der Waals surface area contributed by atoms with Crippen molar-refractivity contribution >= 4 is 0 Å². The summed E-state index contributed by atoms with van der Waals surface area (Å²) in [6.07, 6.45) is 5.98. The molecule has 3 nitrogen and oxygen atoms in total. The third-order valence-electron chi connectivity index (χ3n) is 3.95. The summed E-state index contributed by atoms with van der Waals surface area (Å²) in [5.74, 6) is 0.956. The number of hydrogen-bond acceptors (Lipinski definition) is 3. The first kappa shape index (κ1) is 12.0. The van der Waals surface area contributed by atoms with E-state index in [-0.39, 0.29) is 12.1 Å². The highest BCUT2D eigenvalue weighted by Gasteiger charge is 2.20. The Kier molecular flexibility index (Phi) is 3.52. The third-order valence-corrected chi connectivity index (χ3v) is 3.95. The molecule has 0 amide bonds. The predicted molar refractivity (Wildman–Crippen MR) is 70.8 cm³/mol. The molecule has 2 aliphatic rings. The van der Waals surface area contributed by atoms with Crippen molar-refractivity contribution in [2.24, 2.45) is 5.73 Å². The van der Waals surface area contributed by atoms with Gasteiger partial charge in [-0.1, -0.05) is 6.07 Å². The highest BCUT2D eigenvalue weighted by molar-refractivity contribution is 5.40. The molecule has 1 fully saturated rings. The Hall–Kier alpha value is -1.06. The monoisotopic (exact) mass is 247 g/mol. The van der Waals surface area contributed by atoms with Crippen molar-refractivity contribution in [2.75, 3.05) is 13.2 Å². The number of benzene rings is 1. The largest absolute Gasteiger partial charge is 0.491 e. The minimum atomic E-state index is 0.218. The maximum atomic E-state index is 6.03. The van der Waals surface area contributed by atoms with Crippen LogP contribution in [0.1, 0.15) is 42.9 Å². The lowest BCUT2D eigenvalue weighted by Gasteiger charge is -2.22. The Morgan fingerprint density at radius 3 is 3.06 bits per heavy atom. The van der Waals surface area contributed by atoms with Crippen LogP contribution < -0.4 is 10.5 Å². The lowest BCUT2D eigenvalue weighted by molar-refractivity contribution is -0.0110. The second-order valence-electron chi connectivity index (χ2n) is 5.31. The van der Waals surface area contributed by atoms with Gasteiger partial charge in [0.05, 0.1) is 6.10 Å². The molecule has 2 atom stereocenters. The van der Waals surface area contributed by atoms with Crippen molar-refractivity contribution in [3.8, 4) is 5.75 Å². The molecule has 1 aromatic rings. The van der Waals surface area contributed by atoms with Crippen molar-refractivity contribution in [2.45, 2.75) is 44.2 Å². The zero-order chi connectivity index (χ0) is 12.4. The summed E-state index contributed by atoms with van der Waals surface area (Å²) in [7, 11) is 0. The van der Waals surface area contributed by atoms with Gasteiger partial charge in [-0.05, 0) is 55.4 Å². The maximum absolute atomic E-state index is 6.03. The number of hydrogen-bond donors (Lipinski definition) is 1. The number of rotatable bonds is 3. The summed E-state index contributed by atoms with van der Waals surface area (Å²) in [6.45, 7) is 1.55. The molecule has 2 N–H and O–H groups in total. The molecular formula is C15H21NO2. The van der Waals surface area contributed by atoms with Gasteiger partial charge in [0.1, 0.15) is 12.4 Å². The molecule has 0 saturated carbocycles. The van der Waals surface area contributed by atoms with Gasteiger partial charge in [0.25, 0.3) is 0 Å². The SMILES string of the molecule is N[C@@H]1CCc2cc(OCC3CCCCO3)ccc21. The summed E-state index contributed by atoms with van der Waals surface area (Å²) < 4.78 is 11.5. The van der Waals surface area contributed by atoms with E-state index in [1.54, 1.807) is 0 Å². The van der Waals surface area contributed by atoms with E-state index in [2.05, 4.69) is 12.1 Å².